The van der Waals surface area contributed by atoms with Crippen molar-refractivity contribution >= 4 is 33.2 Å². The van der Waals surface area contributed by atoms with Crippen LogP contribution in [0.15, 0.2) is 53.2 Å². The van der Waals surface area contributed by atoms with Crippen LogP contribution in [0.4, 0.5) is 30.9 Å². The maximum atomic E-state index is 13.3. The molecule has 0 radical (unpaired) electrons. The van der Waals surface area contributed by atoms with E-state index >= 15 is 0 Å². The number of halogens is 5. The van der Waals surface area contributed by atoms with Crippen molar-refractivity contribution in [3.05, 3.63) is 53.9 Å². The third-order valence-corrected chi connectivity index (χ3v) is 6.41. The van der Waals surface area contributed by atoms with Crippen LogP contribution in [0.2, 0.25) is 0 Å². The standard InChI is InChI=1S/C19H20F5N5OS/c1-12-11-28(14-3-5-15(6-4-14)31(20,21,22,23)24)19(30)18-16(10-27-29(12)18)13-7-8-26-17(9-13)25-2/h3-9,12,27H,10-11H2,1-2H3,(H,25,26). The van der Waals surface area contributed by atoms with Crippen molar-refractivity contribution < 1.29 is 24.2 Å². The van der Waals surface area contributed by atoms with Gasteiger partial charge < -0.3 is 10.2 Å². The second-order valence-corrected chi connectivity index (χ2v) is 9.85. The van der Waals surface area contributed by atoms with Gasteiger partial charge in [-0.3, -0.25) is 9.80 Å². The number of hydrogen-bond acceptors (Lipinski definition) is 5. The molecule has 1 amide bonds. The quantitative estimate of drug-likeness (QED) is 0.644. The zero-order chi connectivity index (χ0) is 22.7. The Hall–Kier alpha value is -2.86. The van der Waals surface area contributed by atoms with Gasteiger partial charge in [-0.1, -0.05) is 19.4 Å². The lowest BCUT2D eigenvalue weighted by molar-refractivity contribution is -0.118. The predicted octanol–water partition coefficient (Wildman–Crippen LogP) is 4.75. The predicted molar refractivity (Wildman–Crippen MR) is 110 cm³/mol. The second-order valence-electron chi connectivity index (χ2n) is 7.44. The van der Waals surface area contributed by atoms with Crippen LogP contribution in [0.1, 0.15) is 12.5 Å². The molecule has 0 bridgehead atoms. The first-order valence-corrected chi connectivity index (χ1v) is 11.3. The molecule has 0 spiro atoms. The monoisotopic (exact) mass is 461 g/mol. The molecule has 1 fully saturated rings. The fourth-order valence-corrected chi connectivity index (χ4v) is 4.39. The van der Waals surface area contributed by atoms with Gasteiger partial charge in [-0.25, -0.2) is 10.4 Å². The summed E-state index contributed by atoms with van der Waals surface area (Å²) < 4.78 is 65.1. The van der Waals surface area contributed by atoms with Gasteiger partial charge in [0, 0.05) is 37.6 Å². The van der Waals surface area contributed by atoms with Crippen molar-refractivity contribution in [1.82, 2.24) is 15.4 Å². The first kappa shape index (κ1) is 21.4. The van der Waals surface area contributed by atoms with Crippen LogP contribution >= 0.6 is 10.2 Å². The lowest BCUT2D eigenvalue weighted by Crippen LogP contribution is -2.55. The van der Waals surface area contributed by atoms with Crippen molar-refractivity contribution in [2.45, 2.75) is 17.9 Å². The minimum absolute atomic E-state index is 0.117. The van der Waals surface area contributed by atoms with E-state index in [1.165, 1.54) is 4.90 Å². The Morgan fingerprint density at radius 3 is 2.42 bits per heavy atom. The van der Waals surface area contributed by atoms with Gasteiger partial charge in [0.1, 0.15) is 16.4 Å². The van der Waals surface area contributed by atoms with E-state index in [2.05, 4.69) is 15.7 Å². The molecule has 2 aliphatic heterocycles. The van der Waals surface area contributed by atoms with E-state index in [1.54, 1.807) is 30.4 Å². The van der Waals surface area contributed by atoms with Crippen LogP contribution in [-0.2, 0) is 4.79 Å². The number of carbonyl (C=O) groups excluding carboxylic acids is 1. The summed E-state index contributed by atoms with van der Waals surface area (Å²) in [5.41, 5.74) is 5.12. The topological polar surface area (TPSA) is 60.5 Å². The number of fused-ring (bicyclic) bond motifs is 1. The van der Waals surface area contributed by atoms with Crippen molar-refractivity contribution in [1.29, 1.82) is 0 Å². The number of hydrazine groups is 1. The van der Waals surface area contributed by atoms with Crippen LogP contribution in [0, 0.1) is 0 Å². The van der Waals surface area contributed by atoms with Gasteiger partial charge in [0.15, 0.2) is 0 Å². The van der Waals surface area contributed by atoms with Gasteiger partial charge in [0.05, 0.1) is 6.04 Å². The number of rotatable bonds is 4. The highest BCUT2D eigenvalue weighted by atomic mass is 32.5. The molecule has 1 saturated heterocycles. The molecular weight excluding hydrogens is 441 g/mol. The number of benzene rings is 1. The Kier molecular flexibility index (Phi) is 4.36. The molecule has 3 heterocycles. The molecular formula is C19H20F5N5OS. The van der Waals surface area contributed by atoms with Crippen molar-refractivity contribution in [2.24, 2.45) is 0 Å². The zero-order valence-corrected chi connectivity index (χ0v) is 17.4. The molecule has 31 heavy (non-hydrogen) atoms. The maximum absolute atomic E-state index is 13.3. The van der Waals surface area contributed by atoms with Gasteiger partial charge in [-0.2, -0.15) is 0 Å². The van der Waals surface area contributed by atoms with E-state index in [-0.39, 0.29) is 18.3 Å². The molecule has 1 unspecified atom stereocenters. The van der Waals surface area contributed by atoms with Gasteiger partial charge in [-0.15, -0.1) is 0 Å². The summed E-state index contributed by atoms with van der Waals surface area (Å²) in [6.45, 7) is 2.41. The smallest absolute Gasteiger partial charge is 0.310 e. The second kappa shape index (κ2) is 6.33. The first-order chi connectivity index (χ1) is 14.3. The number of carbonyl (C=O) groups is 1. The summed E-state index contributed by atoms with van der Waals surface area (Å²) in [4.78, 5) is 16.8. The zero-order valence-electron chi connectivity index (χ0n) is 16.6. The van der Waals surface area contributed by atoms with Gasteiger partial charge in [0.2, 0.25) is 0 Å². The highest BCUT2D eigenvalue weighted by Gasteiger charge is 2.65. The molecule has 1 atom stereocenters. The van der Waals surface area contributed by atoms with Crippen molar-refractivity contribution in [3.8, 4) is 0 Å². The van der Waals surface area contributed by atoms with E-state index in [0.717, 1.165) is 17.7 Å². The highest BCUT2D eigenvalue weighted by Crippen LogP contribution is 3.02. The molecule has 6 nitrogen and oxygen atoms in total. The molecule has 1 aromatic carbocycles. The third kappa shape index (κ3) is 3.92. The maximum Gasteiger partial charge on any atom is 0.310 e. The largest absolute Gasteiger partial charge is 0.373 e. The molecule has 168 valence electrons. The number of anilines is 2. The van der Waals surface area contributed by atoms with Crippen LogP contribution in [0.3, 0.4) is 0 Å². The van der Waals surface area contributed by atoms with Gasteiger partial charge in [-0.05, 0) is 48.9 Å². The molecule has 2 aliphatic rings. The SMILES string of the molecule is CNc1cc(C2=C3C(=O)N(c4ccc(S(F)(F)(F)(F)F)cc4)CC(C)N3NC2)ccn1. The lowest BCUT2D eigenvalue weighted by Gasteiger charge is -2.41. The molecule has 2 N–H and O–H groups in total. The summed E-state index contributed by atoms with van der Waals surface area (Å²) in [6, 6.07) is 5.80. The third-order valence-electron chi connectivity index (χ3n) is 5.25. The fraction of sp³-hybridized carbons (Fsp3) is 0.263. The van der Waals surface area contributed by atoms with E-state index < -0.39 is 21.0 Å². The van der Waals surface area contributed by atoms with Crippen LogP contribution in [0.25, 0.3) is 5.57 Å². The van der Waals surface area contributed by atoms with E-state index in [0.29, 0.717) is 35.8 Å². The Bertz CT molecular complexity index is 1090. The van der Waals surface area contributed by atoms with Gasteiger partial charge in [0.25, 0.3) is 5.91 Å². The van der Waals surface area contributed by atoms with E-state index in [4.69, 9.17) is 0 Å². The minimum Gasteiger partial charge on any atom is -0.373 e. The molecule has 0 aliphatic carbocycles. The highest BCUT2D eigenvalue weighted by molar-refractivity contribution is 8.45. The van der Waals surface area contributed by atoms with E-state index in [9.17, 15) is 24.2 Å². The van der Waals surface area contributed by atoms with Crippen LogP contribution in [0.5, 0.6) is 0 Å². The summed E-state index contributed by atoms with van der Waals surface area (Å²) in [5.74, 6) is 0.185. The average Bonchev–Trinajstić information content (AvgIpc) is 3.15. The van der Waals surface area contributed by atoms with Gasteiger partial charge >= 0.3 is 10.2 Å². The van der Waals surface area contributed by atoms with E-state index in [1.807, 2.05) is 6.92 Å². The van der Waals surface area contributed by atoms with Crippen LogP contribution < -0.4 is 15.6 Å². The Balaban J connectivity index is 1.73. The van der Waals surface area contributed by atoms with Crippen molar-refractivity contribution in [2.75, 3.05) is 30.4 Å². The Labute approximate surface area is 175 Å². The number of piperazine rings is 1. The van der Waals surface area contributed by atoms with Crippen LogP contribution in [-0.4, -0.2) is 42.1 Å². The first-order valence-electron chi connectivity index (χ1n) is 9.34. The fourth-order valence-electron chi connectivity index (χ4n) is 3.74. The summed E-state index contributed by atoms with van der Waals surface area (Å²) in [6.07, 6.45) is 1.60. The summed E-state index contributed by atoms with van der Waals surface area (Å²) >= 11 is 0. The Morgan fingerprint density at radius 1 is 1.13 bits per heavy atom. The normalized spacial score (nSPS) is 21.6. The number of pyridine rings is 1. The minimum atomic E-state index is -9.78. The summed E-state index contributed by atoms with van der Waals surface area (Å²) in [7, 11) is -8.06. The number of aromatic nitrogens is 1. The molecule has 0 saturated carbocycles. The number of nitrogens with one attached hydrogen (secondary N) is 2. The lowest BCUT2D eigenvalue weighted by atomic mass is 10.0. The molecule has 1 aromatic heterocycles. The molecule has 4 rings (SSSR count). The van der Waals surface area contributed by atoms with Crippen molar-refractivity contribution in [3.63, 3.8) is 0 Å². The average molecular weight is 461 g/mol. The number of nitrogens with zero attached hydrogens (tertiary/aromatic N) is 3. The number of hydrogen-bond donors (Lipinski definition) is 2. The molecule has 12 heteroatoms. The Morgan fingerprint density at radius 2 is 1.81 bits per heavy atom. The molecule has 2 aromatic rings. The number of amides is 1. The summed E-state index contributed by atoms with van der Waals surface area (Å²) in [5, 5.41) is 4.66.